The zero-order valence-corrected chi connectivity index (χ0v) is 12.1. The maximum Gasteiger partial charge on any atom is 0.277 e. The number of nitriles is 1. The van der Waals surface area contributed by atoms with Crippen LogP contribution < -0.4 is 5.56 Å². The van der Waals surface area contributed by atoms with E-state index < -0.39 is 0 Å². The molecule has 21 heavy (non-hydrogen) atoms. The van der Waals surface area contributed by atoms with Crippen LogP contribution in [0.5, 0.6) is 0 Å². The highest BCUT2D eigenvalue weighted by Gasteiger charge is 2.19. The van der Waals surface area contributed by atoms with Gasteiger partial charge in [-0.2, -0.15) is 14.9 Å². The van der Waals surface area contributed by atoms with Gasteiger partial charge in [-0.1, -0.05) is 6.92 Å². The lowest BCUT2D eigenvalue weighted by Crippen LogP contribution is -2.25. The van der Waals surface area contributed by atoms with Gasteiger partial charge in [0.2, 0.25) is 0 Å². The highest BCUT2D eigenvalue weighted by Crippen LogP contribution is 2.21. The Bertz CT molecular complexity index is 747. The van der Waals surface area contributed by atoms with Gasteiger partial charge in [-0.15, -0.1) is 0 Å². The third-order valence-corrected chi connectivity index (χ3v) is 4.16. The summed E-state index contributed by atoms with van der Waals surface area (Å²) >= 11 is 0. The fraction of sp³-hybridized carbons (Fsp3) is 0.533. The van der Waals surface area contributed by atoms with Crippen molar-refractivity contribution in [1.29, 1.82) is 5.26 Å². The van der Waals surface area contributed by atoms with Crippen molar-refractivity contribution in [1.82, 2.24) is 14.6 Å². The molecule has 1 saturated heterocycles. The van der Waals surface area contributed by atoms with Gasteiger partial charge in [0.15, 0.2) is 5.65 Å². The molecule has 0 spiro atoms. The van der Waals surface area contributed by atoms with Gasteiger partial charge in [-0.05, 0) is 31.6 Å². The van der Waals surface area contributed by atoms with E-state index in [1.165, 1.54) is 10.7 Å². The molecular formula is C15H18N4O2. The lowest BCUT2D eigenvalue weighted by atomic mass is 9.93. The molecule has 0 radical (unpaired) electrons. The van der Waals surface area contributed by atoms with Crippen LogP contribution in [0.25, 0.3) is 5.65 Å². The second kappa shape index (κ2) is 5.70. The number of nitrogens with zero attached hydrogens (tertiary/aromatic N) is 3. The Morgan fingerprint density at radius 1 is 1.52 bits per heavy atom. The van der Waals surface area contributed by atoms with Gasteiger partial charge < -0.3 is 9.72 Å². The van der Waals surface area contributed by atoms with E-state index in [2.05, 4.69) is 16.2 Å². The number of aromatic amines is 1. The number of aromatic nitrogens is 3. The Morgan fingerprint density at radius 3 is 2.95 bits per heavy atom. The van der Waals surface area contributed by atoms with Gasteiger partial charge >= 0.3 is 0 Å². The molecule has 2 aromatic rings. The van der Waals surface area contributed by atoms with E-state index in [9.17, 15) is 4.79 Å². The summed E-state index contributed by atoms with van der Waals surface area (Å²) in [5, 5.41) is 13.1. The highest BCUT2D eigenvalue weighted by atomic mass is 16.5. The van der Waals surface area contributed by atoms with Crippen LogP contribution in [-0.4, -0.2) is 27.8 Å². The van der Waals surface area contributed by atoms with Crippen molar-refractivity contribution in [2.24, 2.45) is 5.92 Å². The number of fused-ring (bicyclic) bond motifs is 1. The zero-order valence-electron chi connectivity index (χ0n) is 12.1. The van der Waals surface area contributed by atoms with E-state index in [-0.39, 0.29) is 5.56 Å². The number of hydrogen-bond acceptors (Lipinski definition) is 4. The van der Waals surface area contributed by atoms with E-state index in [0.29, 0.717) is 23.5 Å². The first-order valence-corrected chi connectivity index (χ1v) is 7.34. The van der Waals surface area contributed by atoms with Gasteiger partial charge in [0.25, 0.3) is 5.56 Å². The molecule has 0 bridgehead atoms. The number of hydrogen-bond donors (Lipinski definition) is 1. The first-order chi connectivity index (χ1) is 10.2. The standard InChI is InChI=1S/C15H18N4O2/c1-2-12-13(7-10-3-5-21-6-4-10)18-14-11(8-16)9-17-19(14)15(12)20/h9-10,18H,2-7H2,1H3. The summed E-state index contributed by atoms with van der Waals surface area (Å²) in [4.78, 5) is 15.8. The smallest absolute Gasteiger partial charge is 0.277 e. The average molecular weight is 286 g/mol. The molecule has 1 fully saturated rings. The van der Waals surface area contributed by atoms with Crippen molar-refractivity contribution in [2.75, 3.05) is 13.2 Å². The average Bonchev–Trinajstić information content (AvgIpc) is 2.92. The molecular weight excluding hydrogens is 268 g/mol. The molecule has 3 rings (SSSR count). The molecule has 0 saturated carbocycles. The van der Waals surface area contributed by atoms with Crippen LogP contribution in [0, 0.1) is 17.2 Å². The second-order valence-electron chi connectivity index (χ2n) is 5.43. The summed E-state index contributed by atoms with van der Waals surface area (Å²) < 4.78 is 6.68. The van der Waals surface area contributed by atoms with E-state index in [4.69, 9.17) is 10.00 Å². The molecule has 0 amide bonds. The molecule has 2 aromatic heterocycles. The number of H-pyrrole nitrogens is 1. The largest absolute Gasteiger partial charge is 0.381 e. The third-order valence-electron chi connectivity index (χ3n) is 4.16. The van der Waals surface area contributed by atoms with Crippen LogP contribution in [0.4, 0.5) is 0 Å². The fourth-order valence-corrected chi connectivity index (χ4v) is 2.96. The molecule has 110 valence electrons. The topological polar surface area (TPSA) is 83.2 Å². The van der Waals surface area contributed by atoms with Crippen molar-refractivity contribution in [3.8, 4) is 6.07 Å². The van der Waals surface area contributed by atoms with Crippen LogP contribution in [0.2, 0.25) is 0 Å². The summed E-state index contributed by atoms with van der Waals surface area (Å²) in [7, 11) is 0. The Hall–Kier alpha value is -2.13. The van der Waals surface area contributed by atoms with Gasteiger partial charge in [0, 0.05) is 24.5 Å². The van der Waals surface area contributed by atoms with Gasteiger partial charge in [0.05, 0.1) is 6.20 Å². The molecule has 0 unspecified atom stereocenters. The molecule has 1 aliphatic heterocycles. The highest BCUT2D eigenvalue weighted by molar-refractivity contribution is 5.54. The Kier molecular flexibility index (Phi) is 3.76. The summed E-state index contributed by atoms with van der Waals surface area (Å²) in [6.45, 7) is 3.54. The minimum absolute atomic E-state index is 0.116. The minimum atomic E-state index is -0.116. The predicted molar refractivity (Wildman–Crippen MR) is 77.2 cm³/mol. The fourth-order valence-electron chi connectivity index (χ4n) is 2.96. The quantitative estimate of drug-likeness (QED) is 0.925. The minimum Gasteiger partial charge on any atom is -0.381 e. The Morgan fingerprint density at radius 2 is 2.29 bits per heavy atom. The lowest BCUT2D eigenvalue weighted by Gasteiger charge is -2.22. The molecule has 0 atom stereocenters. The van der Waals surface area contributed by atoms with Gasteiger partial charge in [-0.25, -0.2) is 0 Å². The molecule has 6 nitrogen and oxygen atoms in total. The molecule has 0 aliphatic carbocycles. The normalized spacial score (nSPS) is 16.2. The van der Waals surface area contributed by atoms with Crippen molar-refractivity contribution < 1.29 is 4.74 Å². The van der Waals surface area contributed by atoms with Crippen molar-refractivity contribution >= 4 is 5.65 Å². The van der Waals surface area contributed by atoms with E-state index in [1.54, 1.807) is 0 Å². The van der Waals surface area contributed by atoms with Crippen molar-refractivity contribution in [2.45, 2.75) is 32.6 Å². The lowest BCUT2D eigenvalue weighted by molar-refractivity contribution is 0.0662. The SMILES string of the molecule is CCc1c(CC2CCOCC2)[nH]c2c(C#N)cnn2c1=O. The van der Waals surface area contributed by atoms with E-state index >= 15 is 0 Å². The van der Waals surface area contributed by atoms with Crippen molar-refractivity contribution in [3.63, 3.8) is 0 Å². The Labute approximate surface area is 122 Å². The molecule has 6 heteroatoms. The first-order valence-electron chi connectivity index (χ1n) is 7.34. The molecule has 3 heterocycles. The van der Waals surface area contributed by atoms with Crippen molar-refractivity contribution in [3.05, 3.63) is 33.4 Å². The van der Waals surface area contributed by atoms with Crippen LogP contribution in [0.3, 0.4) is 0 Å². The van der Waals surface area contributed by atoms with Crippen LogP contribution >= 0.6 is 0 Å². The number of ether oxygens (including phenoxy) is 1. The van der Waals surface area contributed by atoms with Crippen LogP contribution in [0.1, 0.15) is 36.6 Å². The van der Waals surface area contributed by atoms with E-state index in [1.807, 2.05) is 6.92 Å². The summed E-state index contributed by atoms with van der Waals surface area (Å²) in [6.07, 6.45) is 4.95. The van der Waals surface area contributed by atoms with Gasteiger partial charge in [0.1, 0.15) is 11.6 Å². The summed E-state index contributed by atoms with van der Waals surface area (Å²) in [6, 6.07) is 2.07. The zero-order chi connectivity index (χ0) is 14.8. The molecule has 1 aliphatic rings. The first kappa shape index (κ1) is 13.8. The maximum absolute atomic E-state index is 12.5. The number of nitrogens with one attached hydrogen (secondary N) is 1. The van der Waals surface area contributed by atoms with Crippen LogP contribution in [0.15, 0.2) is 11.0 Å². The van der Waals surface area contributed by atoms with E-state index in [0.717, 1.165) is 43.7 Å². The maximum atomic E-state index is 12.5. The summed E-state index contributed by atoms with van der Waals surface area (Å²) in [5.41, 5.74) is 2.50. The number of rotatable bonds is 3. The monoisotopic (exact) mass is 286 g/mol. The molecule has 1 N–H and O–H groups in total. The summed E-state index contributed by atoms with van der Waals surface area (Å²) in [5.74, 6) is 0.524. The predicted octanol–water partition coefficient (Wildman–Crippen LogP) is 1.43. The van der Waals surface area contributed by atoms with Gasteiger partial charge in [-0.3, -0.25) is 4.79 Å². The Balaban J connectivity index is 2.07. The third kappa shape index (κ3) is 2.45. The van der Waals surface area contributed by atoms with Crippen LogP contribution in [-0.2, 0) is 17.6 Å². The molecule has 0 aromatic carbocycles. The second-order valence-corrected chi connectivity index (χ2v) is 5.43.